The molecule has 0 aromatic heterocycles. The standard InChI is InChI=1S/C14H14Cl2N2O2S/c1-2-18(14-6-4-3-5-13(14)17)21(19,20)12-8-10(15)7-11(16)9-12/h3-9H,2,17H2,1H3. The van der Waals surface area contributed by atoms with Crippen LogP contribution in [0.25, 0.3) is 0 Å². The third-order valence-corrected chi connectivity index (χ3v) is 5.22. The van der Waals surface area contributed by atoms with Gasteiger partial charge < -0.3 is 5.73 Å². The van der Waals surface area contributed by atoms with Crippen LogP contribution in [0, 0.1) is 0 Å². The molecule has 2 N–H and O–H groups in total. The molecule has 2 rings (SSSR count). The number of halogens is 2. The number of anilines is 2. The molecule has 0 saturated carbocycles. The largest absolute Gasteiger partial charge is 0.397 e. The summed E-state index contributed by atoms with van der Waals surface area (Å²) < 4.78 is 26.8. The van der Waals surface area contributed by atoms with Gasteiger partial charge in [0, 0.05) is 16.6 Å². The van der Waals surface area contributed by atoms with Crippen molar-refractivity contribution in [3.05, 3.63) is 52.5 Å². The lowest BCUT2D eigenvalue weighted by molar-refractivity contribution is 0.592. The van der Waals surface area contributed by atoms with Gasteiger partial charge in [0.25, 0.3) is 10.0 Å². The predicted octanol–water partition coefficient (Wildman–Crippen LogP) is 3.79. The van der Waals surface area contributed by atoms with E-state index in [9.17, 15) is 8.42 Å². The summed E-state index contributed by atoms with van der Waals surface area (Å²) in [7, 11) is -3.79. The van der Waals surface area contributed by atoms with Crippen molar-refractivity contribution < 1.29 is 8.42 Å². The van der Waals surface area contributed by atoms with E-state index in [1.807, 2.05) is 0 Å². The van der Waals surface area contributed by atoms with Crippen molar-refractivity contribution in [3.8, 4) is 0 Å². The Morgan fingerprint density at radius 1 is 1.10 bits per heavy atom. The van der Waals surface area contributed by atoms with Crippen molar-refractivity contribution in [1.82, 2.24) is 0 Å². The highest BCUT2D eigenvalue weighted by molar-refractivity contribution is 7.92. The van der Waals surface area contributed by atoms with Gasteiger partial charge in [0.1, 0.15) is 0 Å². The van der Waals surface area contributed by atoms with E-state index in [1.165, 1.54) is 22.5 Å². The SMILES string of the molecule is CCN(c1ccccc1N)S(=O)(=O)c1cc(Cl)cc(Cl)c1. The van der Waals surface area contributed by atoms with Crippen molar-refractivity contribution in [3.63, 3.8) is 0 Å². The second-order valence-corrected chi connectivity index (χ2v) is 7.07. The first-order valence-electron chi connectivity index (χ1n) is 6.19. The number of hydrogen-bond acceptors (Lipinski definition) is 3. The zero-order valence-corrected chi connectivity index (χ0v) is 13.6. The summed E-state index contributed by atoms with van der Waals surface area (Å²) in [4.78, 5) is 0.0325. The third kappa shape index (κ3) is 3.26. The molecule has 0 radical (unpaired) electrons. The molecule has 0 saturated heterocycles. The fourth-order valence-corrected chi connectivity index (χ4v) is 4.22. The lowest BCUT2D eigenvalue weighted by Crippen LogP contribution is -2.31. The molecule has 0 spiro atoms. The Labute approximate surface area is 134 Å². The summed E-state index contributed by atoms with van der Waals surface area (Å²) in [5.74, 6) is 0. The average Bonchev–Trinajstić information content (AvgIpc) is 2.40. The minimum atomic E-state index is -3.79. The van der Waals surface area contributed by atoms with Gasteiger partial charge in [-0.15, -0.1) is 0 Å². The third-order valence-electron chi connectivity index (χ3n) is 2.92. The lowest BCUT2D eigenvalue weighted by Gasteiger charge is -2.24. The lowest BCUT2D eigenvalue weighted by atomic mass is 10.3. The smallest absolute Gasteiger partial charge is 0.264 e. The Kier molecular flexibility index (Phi) is 4.66. The van der Waals surface area contributed by atoms with E-state index < -0.39 is 10.0 Å². The molecule has 0 aliphatic rings. The van der Waals surface area contributed by atoms with Crippen LogP contribution < -0.4 is 10.0 Å². The van der Waals surface area contributed by atoms with E-state index >= 15 is 0 Å². The Morgan fingerprint density at radius 3 is 2.19 bits per heavy atom. The Morgan fingerprint density at radius 2 is 1.67 bits per heavy atom. The molecule has 0 fully saturated rings. The first-order valence-corrected chi connectivity index (χ1v) is 8.39. The molecule has 0 unspecified atom stereocenters. The molecular formula is C14H14Cl2N2O2S. The minimum Gasteiger partial charge on any atom is -0.397 e. The van der Waals surface area contributed by atoms with Crippen molar-refractivity contribution in [2.75, 3.05) is 16.6 Å². The molecule has 0 amide bonds. The van der Waals surface area contributed by atoms with Crippen LogP contribution in [0.3, 0.4) is 0 Å². The topological polar surface area (TPSA) is 63.4 Å². The fourth-order valence-electron chi connectivity index (χ4n) is 1.99. The molecule has 0 bridgehead atoms. The van der Waals surface area contributed by atoms with Crippen LogP contribution in [0.5, 0.6) is 0 Å². The second-order valence-electron chi connectivity index (χ2n) is 4.33. The van der Waals surface area contributed by atoms with E-state index in [-0.39, 0.29) is 21.5 Å². The number of benzene rings is 2. The van der Waals surface area contributed by atoms with Gasteiger partial charge in [-0.1, -0.05) is 35.3 Å². The molecular weight excluding hydrogens is 331 g/mol. The number of sulfonamides is 1. The van der Waals surface area contributed by atoms with Gasteiger partial charge in [-0.05, 0) is 37.3 Å². The zero-order chi connectivity index (χ0) is 15.6. The molecule has 7 heteroatoms. The highest BCUT2D eigenvalue weighted by Gasteiger charge is 2.25. The van der Waals surface area contributed by atoms with Crippen LogP contribution in [-0.2, 0) is 10.0 Å². The highest BCUT2D eigenvalue weighted by Crippen LogP contribution is 2.30. The summed E-state index contributed by atoms with van der Waals surface area (Å²) in [6, 6.07) is 11.0. The van der Waals surface area contributed by atoms with E-state index in [0.29, 0.717) is 11.4 Å². The van der Waals surface area contributed by atoms with Crippen LogP contribution in [0.2, 0.25) is 10.0 Å². The maximum absolute atomic E-state index is 12.8. The summed E-state index contributed by atoms with van der Waals surface area (Å²) in [5, 5.41) is 0.524. The molecule has 0 heterocycles. The van der Waals surface area contributed by atoms with E-state index in [2.05, 4.69) is 0 Å². The van der Waals surface area contributed by atoms with Crippen molar-refractivity contribution in [2.45, 2.75) is 11.8 Å². The van der Waals surface area contributed by atoms with Crippen molar-refractivity contribution in [2.24, 2.45) is 0 Å². The number of nitrogens with two attached hydrogens (primary N) is 1. The Hall–Kier alpha value is -1.43. The van der Waals surface area contributed by atoms with Gasteiger partial charge in [-0.2, -0.15) is 0 Å². The number of rotatable bonds is 4. The van der Waals surface area contributed by atoms with Gasteiger partial charge in [-0.3, -0.25) is 4.31 Å². The summed E-state index contributed by atoms with van der Waals surface area (Å²) in [6.07, 6.45) is 0. The van der Waals surface area contributed by atoms with Crippen LogP contribution >= 0.6 is 23.2 Å². The minimum absolute atomic E-state index is 0.0325. The monoisotopic (exact) mass is 344 g/mol. The number of nitrogens with zero attached hydrogens (tertiary/aromatic N) is 1. The average molecular weight is 345 g/mol. The molecule has 21 heavy (non-hydrogen) atoms. The zero-order valence-electron chi connectivity index (χ0n) is 11.3. The Balaban J connectivity index is 2.58. The van der Waals surface area contributed by atoms with Gasteiger partial charge >= 0.3 is 0 Å². The predicted molar refractivity (Wildman–Crippen MR) is 87.5 cm³/mol. The van der Waals surface area contributed by atoms with Gasteiger partial charge in [0.2, 0.25) is 0 Å². The normalized spacial score (nSPS) is 11.4. The summed E-state index contributed by atoms with van der Waals surface area (Å²) in [5.41, 5.74) is 6.69. The first-order chi connectivity index (χ1) is 9.86. The van der Waals surface area contributed by atoms with Crippen LogP contribution in [0.1, 0.15) is 6.92 Å². The van der Waals surface area contributed by atoms with Gasteiger partial charge in [0.15, 0.2) is 0 Å². The molecule has 112 valence electrons. The molecule has 4 nitrogen and oxygen atoms in total. The highest BCUT2D eigenvalue weighted by atomic mass is 35.5. The van der Waals surface area contributed by atoms with Crippen molar-refractivity contribution >= 4 is 44.6 Å². The first kappa shape index (κ1) is 15.9. The summed E-state index contributed by atoms with van der Waals surface area (Å²) >= 11 is 11.8. The van der Waals surface area contributed by atoms with Gasteiger partial charge in [-0.25, -0.2) is 8.42 Å². The quantitative estimate of drug-likeness (QED) is 0.858. The maximum Gasteiger partial charge on any atom is 0.264 e. The molecule has 0 aliphatic carbocycles. The fraction of sp³-hybridized carbons (Fsp3) is 0.143. The van der Waals surface area contributed by atoms with Crippen molar-refractivity contribution in [1.29, 1.82) is 0 Å². The maximum atomic E-state index is 12.8. The van der Waals surface area contributed by atoms with E-state index in [1.54, 1.807) is 31.2 Å². The second kappa shape index (κ2) is 6.13. The molecule has 0 atom stereocenters. The van der Waals surface area contributed by atoms with E-state index in [4.69, 9.17) is 28.9 Å². The summed E-state index contributed by atoms with van der Waals surface area (Å²) in [6.45, 7) is 1.97. The Bertz CT molecular complexity index is 743. The molecule has 2 aromatic carbocycles. The molecule has 2 aromatic rings. The van der Waals surface area contributed by atoms with Crippen LogP contribution in [0.4, 0.5) is 11.4 Å². The number of para-hydroxylation sites is 2. The van der Waals surface area contributed by atoms with E-state index in [0.717, 1.165) is 0 Å². The number of nitrogen functional groups attached to an aromatic ring is 1. The number of hydrogen-bond donors (Lipinski definition) is 1. The molecule has 0 aliphatic heterocycles. The van der Waals surface area contributed by atoms with Gasteiger partial charge in [0.05, 0.1) is 16.3 Å². The van der Waals surface area contributed by atoms with Crippen LogP contribution in [0.15, 0.2) is 47.4 Å². The van der Waals surface area contributed by atoms with Crippen LogP contribution in [-0.4, -0.2) is 15.0 Å².